The number of benzene rings is 1. The minimum absolute atomic E-state index is 0.606. The van der Waals surface area contributed by atoms with Crippen molar-refractivity contribution in [2.45, 2.75) is 129 Å². The van der Waals surface area contributed by atoms with Crippen molar-refractivity contribution in [1.29, 1.82) is 0 Å². The molecule has 0 bridgehead atoms. The van der Waals surface area contributed by atoms with Crippen LogP contribution in [0.25, 0.3) is 5.57 Å². The molecule has 4 heteroatoms. The Morgan fingerprint density at radius 2 is 1.40 bits per heavy atom. The first-order chi connectivity index (χ1) is 16.9. The van der Waals surface area contributed by atoms with Crippen LogP contribution in [0, 0.1) is 23.6 Å². The number of alkyl halides is 3. The molecule has 0 spiro atoms. The van der Waals surface area contributed by atoms with Crippen LogP contribution in [-0.2, 0) is 6.18 Å². The molecule has 2 aliphatic carbocycles. The fraction of sp³-hybridized carbons (Fsp3) is 0.742. The summed E-state index contributed by atoms with van der Waals surface area (Å²) < 4.78 is 52.5. The van der Waals surface area contributed by atoms with Crippen LogP contribution in [0.4, 0.5) is 17.6 Å². The van der Waals surface area contributed by atoms with Crippen molar-refractivity contribution in [1.82, 2.24) is 0 Å². The van der Waals surface area contributed by atoms with Gasteiger partial charge in [0, 0.05) is 0 Å². The third kappa shape index (κ3) is 9.25. The second-order valence-electron chi connectivity index (χ2n) is 11.2. The van der Waals surface area contributed by atoms with Crippen molar-refractivity contribution in [3.8, 4) is 0 Å². The van der Waals surface area contributed by atoms with Crippen molar-refractivity contribution in [2.75, 3.05) is 0 Å². The van der Waals surface area contributed by atoms with Gasteiger partial charge in [0.15, 0.2) is 0 Å². The van der Waals surface area contributed by atoms with Gasteiger partial charge >= 0.3 is 6.18 Å². The van der Waals surface area contributed by atoms with E-state index in [9.17, 15) is 17.6 Å². The predicted octanol–water partition coefficient (Wildman–Crippen LogP) is 11.1. The largest absolute Gasteiger partial charge is 0.419 e. The van der Waals surface area contributed by atoms with Crippen LogP contribution < -0.4 is 0 Å². The van der Waals surface area contributed by atoms with E-state index in [-0.39, 0.29) is 0 Å². The molecule has 0 aliphatic heterocycles. The summed E-state index contributed by atoms with van der Waals surface area (Å²) in [7, 11) is 0. The van der Waals surface area contributed by atoms with Gasteiger partial charge < -0.3 is 0 Å². The molecule has 1 fully saturated rings. The van der Waals surface area contributed by atoms with Crippen molar-refractivity contribution in [3.05, 3.63) is 41.2 Å². The number of halogens is 4. The Kier molecular flexibility index (Phi) is 11.6. The molecule has 0 nitrogen and oxygen atoms in total. The van der Waals surface area contributed by atoms with Gasteiger partial charge in [0.05, 0.1) is 5.56 Å². The smallest absolute Gasteiger partial charge is 0.206 e. The van der Waals surface area contributed by atoms with Gasteiger partial charge in [-0.25, -0.2) is 4.39 Å². The number of hydrogen-bond acceptors (Lipinski definition) is 0. The maximum absolute atomic E-state index is 14.0. The van der Waals surface area contributed by atoms with Crippen LogP contribution in [0.5, 0.6) is 0 Å². The predicted molar refractivity (Wildman–Crippen MR) is 139 cm³/mol. The van der Waals surface area contributed by atoms with E-state index >= 15 is 0 Å². The van der Waals surface area contributed by atoms with E-state index in [1.165, 1.54) is 102 Å². The molecule has 1 atom stereocenters. The zero-order valence-electron chi connectivity index (χ0n) is 21.8. The molecule has 0 radical (unpaired) electrons. The van der Waals surface area contributed by atoms with Crippen LogP contribution in [0.2, 0.25) is 0 Å². The zero-order valence-corrected chi connectivity index (χ0v) is 21.8. The van der Waals surface area contributed by atoms with Crippen LogP contribution >= 0.6 is 0 Å². The van der Waals surface area contributed by atoms with Crippen LogP contribution in [-0.4, -0.2) is 0 Å². The van der Waals surface area contributed by atoms with E-state index in [0.717, 1.165) is 48.8 Å². The van der Waals surface area contributed by atoms with Crippen LogP contribution in [0.1, 0.15) is 134 Å². The van der Waals surface area contributed by atoms with Crippen molar-refractivity contribution >= 4 is 5.57 Å². The molecule has 0 amide bonds. The highest BCUT2D eigenvalue weighted by atomic mass is 19.4. The summed E-state index contributed by atoms with van der Waals surface area (Å²) in [6.07, 6.45) is 21.2. The quantitative estimate of drug-likeness (QED) is 0.189. The normalized spacial score (nSPS) is 23.3. The zero-order chi connectivity index (χ0) is 25.1. The highest BCUT2D eigenvalue weighted by Crippen LogP contribution is 2.42. The van der Waals surface area contributed by atoms with Gasteiger partial charge in [-0.05, 0) is 73.1 Å². The summed E-state index contributed by atoms with van der Waals surface area (Å²) in [5, 5.41) is 0. The van der Waals surface area contributed by atoms with Crippen LogP contribution in [0.15, 0.2) is 24.3 Å². The third-order valence-corrected chi connectivity index (χ3v) is 8.62. The molecule has 1 unspecified atom stereocenters. The van der Waals surface area contributed by atoms with E-state index in [0.29, 0.717) is 11.5 Å². The molecule has 0 N–H and O–H groups in total. The van der Waals surface area contributed by atoms with E-state index in [1.807, 2.05) is 0 Å². The third-order valence-electron chi connectivity index (χ3n) is 8.62. The molecule has 35 heavy (non-hydrogen) atoms. The fourth-order valence-corrected chi connectivity index (χ4v) is 6.36. The summed E-state index contributed by atoms with van der Waals surface area (Å²) in [5.74, 6) is 1.20. The lowest BCUT2D eigenvalue weighted by Gasteiger charge is -2.35. The summed E-state index contributed by atoms with van der Waals surface area (Å²) in [5.41, 5.74) is 0.433. The molecule has 198 valence electrons. The maximum Gasteiger partial charge on any atom is 0.419 e. The van der Waals surface area contributed by atoms with E-state index in [4.69, 9.17) is 0 Å². The Balaban J connectivity index is 1.30. The van der Waals surface area contributed by atoms with Gasteiger partial charge in [-0.15, -0.1) is 0 Å². The van der Waals surface area contributed by atoms with Gasteiger partial charge in [0.2, 0.25) is 0 Å². The van der Waals surface area contributed by atoms with Gasteiger partial charge in [-0.3, -0.25) is 0 Å². The van der Waals surface area contributed by atoms with Crippen molar-refractivity contribution < 1.29 is 17.6 Å². The molecule has 0 heterocycles. The second kappa shape index (κ2) is 14.4. The molecular formula is C31H46F4. The molecule has 1 aromatic carbocycles. The Morgan fingerprint density at radius 3 is 1.94 bits per heavy atom. The highest BCUT2D eigenvalue weighted by Gasteiger charge is 2.34. The van der Waals surface area contributed by atoms with Gasteiger partial charge in [0.1, 0.15) is 5.82 Å². The summed E-state index contributed by atoms with van der Waals surface area (Å²) >= 11 is 0. The average Bonchev–Trinajstić information content (AvgIpc) is 2.85. The van der Waals surface area contributed by atoms with Crippen LogP contribution in [0.3, 0.4) is 0 Å². The first-order valence-corrected chi connectivity index (χ1v) is 14.4. The number of unbranched alkanes of at least 4 members (excludes halogenated alkanes) is 9. The van der Waals surface area contributed by atoms with Gasteiger partial charge in [-0.2, -0.15) is 13.2 Å². The lowest BCUT2D eigenvalue weighted by Crippen LogP contribution is -2.23. The SMILES string of the molecule is CCCCCCCCCCCCC1CCC(C2CC=C(c3ccc(C(F)(F)F)c(F)c3)CC2)CC1. The first kappa shape index (κ1) is 28.3. The fourth-order valence-electron chi connectivity index (χ4n) is 6.36. The maximum atomic E-state index is 14.0. The van der Waals surface area contributed by atoms with Crippen molar-refractivity contribution in [2.24, 2.45) is 17.8 Å². The lowest BCUT2D eigenvalue weighted by atomic mass is 9.70. The summed E-state index contributed by atoms with van der Waals surface area (Å²) in [6, 6.07) is 3.37. The van der Waals surface area contributed by atoms with E-state index in [2.05, 4.69) is 13.0 Å². The molecule has 0 saturated heterocycles. The highest BCUT2D eigenvalue weighted by molar-refractivity contribution is 5.66. The van der Waals surface area contributed by atoms with E-state index in [1.54, 1.807) is 0 Å². The molecule has 1 aromatic rings. The Morgan fingerprint density at radius 1 is 0.771 bits per heavy atom. The minimum atomic E-state index is -4.64. The summed E-state index contributed by atoms with van der Waals surface area (Å²) in [6.45, 7) is 2.27. The number of hydrogen-bond donors (Lipinski definition) is 0. The Hall–Kier alpha value is -1.32. The van der Waals surface area contributed by atoms with Gasteiger partial charge in [0.25, 0.3) is 0 Å². The van der Waals surface area contributed by atoms with Gasteiger partial charge in [-0.1, -0.05) is 103 Å². The minimum Gasteiger partial charge on any atom is -0.206 e. The molecule has 1 saturated carbocycles. The first-order valence-electron chi connectivity index (χ1n) is 14.4. The Labute approximate surface area is 211 Å². The molecule has 2 aliphatic rings. The summed E-state index contributed by atoms with van der Waals surface area (Å²) in [4.78, 5) is 0. The monoisotopic (exact) mass is 494 g/mol. The standard InChI is InChI=1S/C31H46F4/c1-2-3-4-5-6-7-8-9-10-11-12-24-13-15-25(16-14-24)26-17-19-27(20-18-26)28-21-22-29(30(32)23-28)31(33,34)35/h19,21-26H,2-18,20H2,1H3. The molecule has 3 rings (SSSR count). The number of allylic oxidation sites excluding steroid dienone is 2. The Bertz CT molecular complexity index is 771. The topological polar surface area (TPSA) is 0 Å². The lowest BCUT2D eigenvalue weighted by molar-refractivity contribution is -0.140. The van der Waals surface area contributed by atoms with E-state index < -0.39 is 17.6 Å². The average molecular weight is 495 g/mol. The van der Waals surface area contributed by atoms with Crippen molar-refractivity contribution in [3.63, 3.8) is 0 Å². The molecular weight excluding hydrogens is 448 g/mol. The molecule has 0 aromatic heterocycles. The number of rotatable bonds is 13. The second-order valence-corrected chi connectivity index (χ2v) is 11.2.